The second kappa shape index (κ2) is 10.8. The Bertz CT molecular complexity index is 832. The maximum atomic E-state index is 9.63. The highest BCUT2D eigenvalue weighted by atomic mass is 31.3. The van der Waals surface area contributed by atoms with Crippen molar-refractivity contribution in [3.05, 3.63) is 30.5 Å². The molecule has 0 saturated carbocycles. The number of anilines is 1. The Morgan fingerprint density at radius 3 is 2.36 bits per heavy atom. The summed E-state index contributed by atoms with van der Waals surface area (Å²) < 4.78 is 27.5. The number of pyridine rings is 1. The summed E-state index contributed by atoms with van der Waals surface area (Å²) in [6.45, 7) is 2.92. The van der Waals surface area contributed by atoms with Gasteiger partial charge in [-0.25, -0.2) is 9.13 Å². The minimum absolute atomic E-state index is 0.252. The smallest absolute Gasteiger partial charge is 0.478 e. The summed E-state index contributed by atoms with van der Waals surface area (Å²) in [5, 5.41) is 4.50. The molecule has 1 heterocycles. The number of nitrogens with one attached hydrogen (secondary N) is 1. The van der Waals surface area contributed by atoms with Gasteiger partial charge in [-0.05, 0) is 31.9 Å². The van der Waals surface area contributed by atoms with Gasteiger partial charge in [-0.1, -0.05) is 6.07 Å². The van der Waals surface area contributed by atoms with Crippen LogP contribution < -0.4 is 15.8 Å². The molecule has 7 N–H and O–H groups in total. The number of aromatic nitrogens is 1. The van der Waals surface area contributed by atoms with Gasteiger partial charge in [0, 0.05) is 30.2 Å². The predicted molar refractivity (Wildman–Crippen MR) is 105 cm³/mol. The van der Waals surface area contributed by atoms with Crippen molar-refractivity contribution in [3.63, 3.8) is 0 Å². The fourth-order valence-electron chi connectivity index (χ4n) is 2.20. The first kappa shape index (κ1) is 24.5. The Kier molecular flexibility index (Phi) is 9.49. The molecule has 158 valence electrons. The number of hydrogen-bond donors (Lipinski definition) is 6. The third-order valence-electron chi connectivity index (χ3n) is 3.28. The van der Waals surface area contributed by atoms with Crippen molar-refractivity contribution >= 4 is 32.2 Å². The Morgan fingerprint density at radius 2 is 1.86 bits per heavy atom. The minimum atomic E-state index is -5.05. The van der Waals surface area contributed by atoms with Crippen LogP contribution in [0.3, 0.4) is 0 Å². The lowest BCUT2D eigenvalue weighted by atomic mass is 10.1. The molecule has 2 rings (SSSR count). The molecule has 1 aromatic heterocycles. The van der Waals surface area contributed by atoms with Gasteiger partial charge in [0.1, 0.15) is 5.75 Å². The topological polar surface area (TPSA) is 184 Å². The Labute approximate surface area is 162 Å². The van der Waals surface area contributed by atoms with E-state index in [1.165, 1.54) is 0 Å². The number of benzene rings is 1. The highest BCUT2D eigenvalue weighted by molar-refractivity contribution is 7.60. The van der Waals surface area contributed by atoms with Crippen LogP contribution >= 0.6 is 15.6 Å². The Hall–Kier alpha value is -1.55. The second-order valence-electron chi connectivity index (χ2n) is 5.86. The normalized spacial score (nSPS) is 12.8. The molecule has 1 unspecified atom stereocenters. The van der Waals surface area contributed by atoms with Crippen LogP contribution in [0.1, 0.15) is 19.8 Å². The quantitative estimate of drug-likeness (QED) is 0.262. The van der Waals surface area contributed by atoms with E-state index in [-0.39, 0.29) is 6.04 Å². The van der Waals surface area contributed by atoms with Gasteiger partial charge >= 0.3 is 15.6 Å². The van der Waals surface area contributed by atoms with Crippen LogP contribution in [0.15, 0.2) is 30.5 Å². The molecule has 0 aliphatic carbocycles. The van der Waals surface area contributed by atoms with Crippen molar-refractivity contribution in [1.29, 1.82) is 0 Å². The summed E-state index contributed by atoms with van der Waals surface area (Å²) in [6, 6.07) is 8.21. The minimum Gasteiger partial charge on any atom is -0.497 e. The number of ether oxygens (including phenoxy) is 1. The fourth-order valence-corrected chi connectivity index (χ4v) is 3.31. The van der Waals surface area contributed by atoms with Gasteiger partial charge in [0.2, 0.25) is 0 Å². The lowest BCUT2D eigenvalue weighted by Gasteiger charge is -2.12. The molecular weight excluding hydrogens is 412 g/mol. The summed E-state index contributed by atoms with van der Waals surface area (Å²) in [5.74, 6) is 0.843. The molecule has 0 amide bonds. The van der Waals surface area contributed by atoms with Crippen LogP contribution in [0.25, 0.3) is 10.9 Å². The molecular formula is C15H25N3O8P2. The van der Waals surface area contributed by atoms with Gasteiger partial charge in [0.25, 0.3) is 0 Å². The Balaban J connectivity index is 0.000000370. The van der Waals surface area contributed by atoms with Crippen LogP contribution in [0.2, 0.25) is 0 Å². The van der Waals surface area contributed by atoms with Crippen LogP contribution in [0.5, 0.6) is 5.75 Å². The summed E-state index contributed by atoms with van der Waals surface area (Å²) in [6.07, 6.45) is 3.87. The number of nitrogens with two attached hydrogens (primary N) is 1. The van der Waals surface area contributed by atoms with Gasteiger partial charge in [-0.15, -0.1) is 0 Å². The van der Waals surface area contributed by atoms with E-state index in [9.17, 15) is 9.13 Å². The van der Waals surface area contributed by atoms with E-state index in [0.29, 0.717) is 0 Å². The largest absolute Gasteiger partial charge is 0.497 e. The number of fused-ring (bicyclic) bond motifs is 1. The van der Waals surface area contributed by atoms with E-state index < -0.39 is 15.6 Å². The van der Waals surface area contributed by atoms with Crippen molar-refractivity contribution < 1.29 is 37.8 Å². The molecule has 0 bridgehead atoms. The van der Waals surface area contributed by atoms with Crippen molar-refractivity contribution in [1.82, 2.24) is 4.98 Å². The van der Waals surface area contributed by atoms with Crippen molar-refractivity contribution in [2.75, 3.05) is 19.0 Å². The van der Waals surface area contributed by atoms with Gasteiger partial charge < -0.3 is 35.4 Å². The molecule has 0 spiro atoms. The third-order valence-corrected chi connectivity index (χ3v) is 4.98. The third kappa shape index (κ3) is 10.1. The number of methoxy groups -OCH3 is 1. The standard InChI is InChI=1S/C15H21N3O.H4O7P2/c1-11(16)5-3-7-17-14-10-13(19-2)9-12-6-4-8-18-15(12)14;1-8(2,3)7-9(4,5)6/h4,6,8-11,17H,3,5,7,16H2,1-2H3;(H2,1,2,3)(H2,4,5,6). The maximum Gasteiger partial charge on any atom is 0.478 e. The summed E-state index contributed by atoms with van der Waals surface area (Å²) >= 11 is 0. The maximum absolute atomic E-state index is 9.63. The number of hydrogen-bond acceptors (Lipinski definition) is 7. The molecule has 13 heteroatoms. The predicted octanol–water partition coefficient (Wildman–Crippen LogP) is 1.97. The zero-order chi connectivity index (χ0) is 21.4. The highest BCUT2D eigenvalue weighted by Crippen LogP contribution is 2.53. The van der Waals surface area contributed by atoms with Gasteiger partial charge in [-0.3, -0.25) is 4.98 Å². The van der Waals surface area contributed by atoms with E-state index in [1.54, 1.807) is 7.11 Å². The van der Waals surface area contributed by atoms with Crippen molar-refractivity contribution in [2.45, 2.75) is 25.8 Å². The fraction of sp³-hybridized carbons (Fsp3) is 0.400. The first-order chi connectivity index (χ1) is 12.9. The van der Waals surface area contributed by atoms with E-state index >= 15 is 0 Å². The lowest BCUT2D eigenvalue weighted by molar-refractivity contribution is 0.225. The van der Waals surface area contributed by atoms with Crippen LogP contribution in [-0.4, -0.2) is 44.3 Å². The van der Waals surface area contributed by atoms with Gasteiger partial charge in [-0.2, -0.15) is 4.31 Å². The zero-order valence-electron chi connectivity index (χ0n) is 15.4. The highest BCUT2D eigenvalue weighted by Gasteiger charge is 2.27. The van der Waals surface area contributed by atoms with E-state index in [2.05, 4.69) is 14.6 Å². The zero-order valence-corrected chi connectivity index (χ0v) is 17.2. The van der Waals surface area contributed by atoms with Crippen molar-refractivity contribution in [3.8, 4) is 5.75 Å². The van der Waals surface area contributed by atoms with Crippen LogP contribution in [-0.2, 0) is 13.4 Å². The van der Waals surface area contributed by atoms with Gasteiger partial charge in [0.05, 0.1) is 18.3 Å². The average Bonchev–Trinajstić information content (AvgIpc) is 2.55. The summed E-state index contributed by atoms with van der Waals surface area (Å²) in [7, 11) is -8.42. The summed E-state index contributed by atoms with van der Waals surface area (Å²) in [4.78, 5) is 35.4. The second-order valence-corrected chi connectivity index (χ2v) is 8.47. The number of phosphoric acid groups is 2. The first-order valence-electron chi connectivity index (χ1n) is 8.16. The van der Waals surface area contributed by atoms with Crippen LogP contribution in [0.4, 0.5) is 5.69 Å². The molecule has 0 saturated heterocycles. The summed E-state index contributed by atoms with van der Waals surface area (Å²) in [5.41, 5.74) is 7.74. The molecule has 1 atom stereocenters. The SMILES string of the molecule is COc1cc(NCCCC(C)N)c2ncccc2c1.O=P(O)(O)OP(=O)(O)O. The van der Waals surface area contributed by atoms with E-state index in [1.807, 2.05) is 37.4 Å². The molecule has 2 aromatic rings. The monoisotopic (exact) mass is 437 g/mol. The number of nitrogens with zero attached hydrogens (tertiary/aromatic N) is 1. The average molecular weight is 437 g/mol. The van der Waals surface area contributed by atoms with Gasteiger partial charge in [0.15, 0.2) is 0 Å². The molecule has 0 aliphatic heterocycles. The molecule has 11 nitrogen and oxygen atoms in total. The molecule has 0 fully saturated rings. The molecule has 28 heavy (non-hydrogen) atoms. The first-order valence-corrected chi connectivity index (χ1v) is 11.2. The lowest BCUT2D eigenvalue weighted by Crippen LogP contribution is -2.16. The molecule has 0 aliphatic rings. The number of rotatable bonds is 8. The van der Waals surface area contributed by atoms with Crippen LogP contribution in [0, 0.1) is 0 Å². The van der Waals surface area contributed by atoms with Crippen molar-refractivity contribution in [2.24, 2.45) is 5.73 Å². The molecule has 1 aromatic carbocycles. The Morgan fingerprint density at radius 1 is 1.21 bits per heavy atom. The van der Waals surface area contributed by atoms with E-state index in [4.69, 9.17) is 30.0 Å². The molecule has 0 radical (unpaired) electrons. The van der Waals surface area contributed by atoms with E-state index in [0.717, 1.165) is 41.7 Å².